The van der Waals surface area contributed by atoms with Gasteiger partial charge in [0, 0.05) is 32.7 Å². The maximum Gasteiger partial charge on any atom is 0.410 e. The number of rotatable bonds is 2. The summed E-state index contributed by atoms with van der Waals surface area (Å²) < 4.78 is 18.7. The Balaban J connectivity index is 1.59. The summed E-state index contributed by atoms with van der Waals surface area (Å²) in [7, 11) is 0. The third kappa shape index (κ3) is 5.03. The Morgan fingerprint density at radius 2 is 1.70 bits per heavy atom. The molecule has 2 saturated heterocycles. The molecule has 0 aromatic heterocycles. The van der Waals surface area contributed by atoms with E-state index in [1.165, 1.54) is 17.0 Å². The van der Waals surface area contributed by atoms with Crippen molar-refractivity contribution < 1.29 is 23.5 Å². The standard InChI is InChI=1S/C21H27ClFN3O4/c1-21(2,3)30-20(29)26-8-4-5-17(26)19(28)25-11-9-24(10-12-25)18(27)15-7-6-14(23)13-16(15)22/h6-7,13,17H,4-5,8-12H2,1-3H3/t17-/m0/s1. The molecule has 0 unspecified atom stereocenters. The van der Waals surface area contributed by atoms with E-state index in [2.05, 4.69) is 0 Å². The first-order valence-electron chi connectivity index (χ1n) is 10.1. The molecule has 3 amide bonds. The molecule has 164 valence electrons. The van der Waals surface area contributed by atoms with Gasteiger partial charge in [-0.2, -0.15) is 0 Å². The smallest absolute Gasteiger partial charge is 0.410 e. The third-order valence-electron chi connectivity index (χ3n) is 5.21. The van der Waals surface area contributed by atoms with Gasteiger partial charge in [-0.15, -0.1) is 0 Å². The van der Waals surface area contributed by atoms with Crippen LogP contribution < -0.4 is 0 Å². The highest BCUT2D eigenvalue weighted by atomic mass is 35.5. The summed E-state index contributed by atoms with van der Waals surface area (Å²) in [5, 5.41) is 0.0671. The Labute approximate surface area is 180 Å². The summed E-state index contributed by atoms with van der Waals surface area (Å²) in [5.41, 5.74) is -0.384. The van der Waals surface area contributed by atoms with Gasteiger partial charge < -0.3 is 14.5 Å². The first kappa shape index (κ1) is 22.3. The van der Waals surface area contributed by atoms with Crippen molar-refractivity contribution in [3.05, 3.63) is 34.6 Å². The number of ether oxygens (including phenoxy) is 1. The number of hydrogen-bond acceptors (Lipinski definition) is 4. The maximum absolute atomic E-state index is 13.2. The molecule has 9 heteroatoms. The summed E-state index contributed by atoms with van der Waals surface area (Å²) in [6.45, 7) is 7.29. The van der Waals surface area contributed by atoms with E-state index < -0.39 is 23.6 Å². The quantitative estimate of drug-likeness (QED) is 0.709. The molecule has 0 N–H and O–H groups in total. The van der Waals surface area contributed by atoms with Crippen LogP contribution in [0.4, 0.5) is 9.18 Å². The lowest BCUT2D eigenvalue weighted by Crippen LogP contribution is -2.55. The predicted molar refractivity (Wildman–Crippen MR) is 110 cm³/mol. The topological polar surface area (TPSA) is 70.2 Å². The number of carbonyl (C=O) groups excluding carboxylic acids is 3. The van der Waals surface area contributed by atoms with Crippen LogP contribution in [-0.2, 0) is 9.53 Å². The molecule has 7 nitrogen and oxygen atoms in total. The van der Waals surface area contributed by atoms with Crippen molar-refractivity contribution >= 4 is 29.5 Å². The van der Waals surface area contributed by atoms with Crippen LogP contribution >= 0.6 is 11.6 Å². The molecule has 0 bridgehead atoms. The minimum Gasteiger partial charge on any atom is -0.444 e. The van der Waals surface area contributed by atoms with Crippen LogP contribution in [0, 0.1) is 5.82 Å². The summed E-state index contributed by atoms with van der Waals surface area (Å²) in [4.78, 5) is 43.0. The molecule has 1 atom stereocenters. The van der Waals surface area contributed by atoms with E-state index in [0.29, 0.717) is 39.1 Å². The highest BCUT2D eigenvalue weighted by Gasteiger charge is 2.39. The molecule has 0 saturated carbocycles. The van der Waals surface area contributed by atoms with Gasteiger partial charge in [-0.3, -0.25) is 14.5 Å². The van der Waals surface area contributed by atoms with Crippen LogP contribution in [0.3, 0.4) is 0 Å². The third-order valence-corrected chi connectivity index (χ3v) is 5.52. The second-order valence-electron chi connectivity index (χ2n) is 8.57. The summed E-state index contributed by atoms with van der Waals surface area (Å²) in [6.07, 6.45) is 0.873. The Hall–Kier alpha value is -2.35. The van der Waals surface area contributed by atoms with E-state index in [4.69, 9.17) is 16.3 Å². The fourth-order valence-electron chi connectivity index (χ4n) is 3.74. The number of hydrogen-bond donors (Lipinski definition) is 0. The number of amides is 3. The van der Waals surface area contributed by atoms with Crippen LogP contribution in [0.1, 0.15) is 44.0 Å². The zero-order valence-corrected chi connectivity index (χ0v) is 18.2. The predicted octanol–water partition coefficient (Wildman–Crippen LogP) is 3.16. The Bertz CT molecular complexity index is 834. The Morgan fingerprint density at radius 1 is 1.07 bits per heavy atom. The number of piperazine rings is 1. The van der Waals surface area contributed by atoms with E-state index in [-0.39, 0.29) is 22.4 Å². The van der Waals surface area contributed by atoms with Gasteiger partial charge in [-0.1, -0.05) is 11.6 Å². The van der Waals surface area contributed by atoms with Crippen LogP contribution in [0.25, 0.3) is 0 Å². The zero-order valence-electron chi connectivity index (χ0n) is 17.5. The highest BCUT2D eigenvalue weighted by molar-refractivity contribution is 6.33. The lowest BCUT2D eigenvalue weighted by atomic mass is 10.1. The minimum atomic E-state index is -0.624. The Morgan fingerprint density at radius 3 is 2.30 bits per heavy atom. The molecule has 0 spiro atoms. The van der Waals surface area contributed by atoms with Crippen molar-refractivity contribution in [3.63, 3.8) is 0 Å². The number of likely N-dealkylation sites (tertiary alicyclic amines) is 1. The fourth-order valence-corrected chi connectivity index (χ4v) is 3.98. The first-order chi connectivity index (χ1) is 14.1. The average Bonchev–Trinajstić information content (AvgIpc) is 3.16. The van der Waals surface area contributed by atoms with Crippen LogP contribution in [0.5, 0.6) is 0 Å². The van der Waals surface area contributed by atoms with E-state index in [1.54, 1.807) is 30.6 Å². The lowest BCUT2D eigenvalue weighted by molar-refractivity contribution is -0.137. The molecule has 2 heterocycles. The molecule has 3 rings (SSSR count). The second-order valence-corrected chi connectivity index (χ2v) is 8.98. The molecule has 2 aliphatic rings. The number of carbonyl (C=O) groups is 3. The van der Waals surface area contributed by atoms with Crippen molar-refractivity contribution in [3.8, 4) is 0 Å². The van der Waals surface area contributed by atoms with Crippen molar-refractivity contribution in [1.29, 1.82) is 0 Å². The number of halogens is 2. The fraction of sp³-hybridized carbons (Fsp3) is 0.571. The SMILES string of the molecule is CC(C)(C)OC(=O)N1CCC[C@H]1C(=O)N1CCN(C(=O)c2ccc(F)cc2Cl)CC1. The molecular formula is C21H27ClFN3O4. The van der Waals surface area contributed by atoms with Gasteiger partial charge in [0.15, 0.2) is 0 Å². The van der Waals surface area contributed by atoms with Gasteiger partial charge in [-0.25, -0.2) is 9.18 Å². The molecular weight excluding hydrogens is 413 g/mol. The van der Waals surface area contributed by atoms with Crippen LogP contribution in [-0.4, -0.2) is 77.0 Å². The molecule has 0 aliphatic carbocycles. The minimum absolute atomic E-state index is 0.0671. The molecule has 2 aliphatic heterocycles. The van der Waals surface area contributed by atoms with Crippen molar-refractivity contribution in [1.82, 2.24) is 14.7 Å². The molecule has 1 aromatic rings. The van der Waals surface area contributed by atoms with Gasteiger partial charge in [0.2, 0.25) is 5.91 Å². The summed E-state index contributed by atoms with van der Waals surface area (Å²) in [5.74, 6) is -0.910. The lowest BCUT2D eigenvalue weighted by Gasteiger charge is -2.37. The molecule has 2 fully saturated rings. The second kappa shape index (κ2) is 8.79. The van der Waals surface area contributed by atoms with Crippen molar-refractivity contribution in [2.24, 2.45) is 0 Å². The van der Waals surface area contributed by atoms with Gasteiger partial charge in [0.1, 0.15) is 17.5 Å². The van der Waals surface area contributed by atoms with E-state index in [1.807, 2.05) is 0 Å². The number of nitrogens with zero attached hydrogens (tertiary/aromatic N) is 3. The van der Waals surface area contributed by atoms with Crippen LogP contribution in [0.2, 0.25) is 5.02 Å². The van der Waals surface area contributed by atoms with Crippen LogP contribution in [0.15, 0.2) is 18.2 Å². The van der Waals surface area contributed by atoms with E-state index >= 15 is 0 Å². The zero-order chi connectivity index (χ0) is 22.1. The first-order valence-corrected chi connectivity index (χ1v) is 10.5. The Kier molecular flexibility index (Phi) is 6.55. The largest absolute Gasteiger partial charge is 0.444 e. The van der Waals surface area contributed by atoms with Gasteiger partial charge >= 0.3 is 6.09 Å². The summed E-state index contributed by atoms with van der Waals surface area (Å²) >= 11 is 6.00. The average molecular weight is 440 g/mol. The van der Waals surface area contributed by atoms with Crippen molar-refractivity contribution in [2.75, 3.05) is 32.7 Å². The molecule has 0 radical (unpaired) electrons. The van der Waals surface area contributed by atoms with Gasteiger partial charge in [0.05, 0.1) is 10.6 Å². The molecule has 1 aromatic carbocycles. The number of benzene rings is 1. The van der Waals surface area contributed by atoms with Crippen molar-refractivity contribution in [2.45, 2.75) is 45.3 Å². The van der Waals surface area contributed by atoms with Gasteiger partial charge in [0.25, 0.3) is 5.91 Å². The van der Waals surface area contributed by atoms with E-state index in [0.717, 1.165) is 12.5 Å². The van der Waals surface area contributed by atoms with E-state index in [9.17, 15) is 18.8 Å². The summed E-state index contributed by atoms with van der Waals surface area (Å²) in [6, 6.07) is 3.15. The normalized spacial score (nSPS) is 19.8. The maximum atomic E-state index is 13.2. The molecule has 30 heavy (non-hydrogen) atoms. The highest BCUT2D eigenvalue weighted by Crippen LogP contribution is 2.24. The van der Waals surface area contributed by atoms with Gasteiger partial charge in [-0.05, 0) is 51.8 Å². The monoisotopic (exact) mass is 439 g/mol.